The number of fused-ring (bicyclic) bond motifs is 2. The maximum atomic E-state index is 6.20. The van der Waals surface area contributed by atoms with E-state index in [0.29, 0.717) is 11.9 Å². The summed E-state index contributed by atoms with van der Waals surface area (Å²) in [6.07, 6.45) is 1.50. The van der Waals surface area contributed by atoms with Crippen LogP contribution in [0.4, 0.5) is 5.82 Å². The Balaban J connectivity index is 0.00000180. The highest BCUT2D eigenvalue weighted by Gasteiger charge is 2.26. The van der Waals surface area contributed by atoms with Crippen molar-refractivity contribution in [3.8, 4) is 16.3 Å². The molecule has 3 N–H and O–H groups in total. The minimum Gasteiger partial charge on any atom is -0.495 e. The first-order chi connectivity index (χ1) is 12.7. The summed E-state index contributed by atoms with van der Waals surface area (Å²) in [4.78, 5) is 9.69. The van der Waals surface area contributed by atoms with Gasteiger partial charge < -0.3 is 15.8 Å². The Kier molecular flexibility index (Phi) is 4.41. The molecule has 5 rings (SSSR count). The second-order valence-corrected chi connectivity index (χ2v) is 7.61. The van der Waals surface area contributed by atoms with Crippen molar-refractivity contribution >= 4 is 50.7 Å². The number of nitrogens with zero attached hydrogens (tertiary/aromatic N) is 4. The van der Waals surface area contributed by atoms with Gasteiger partial charge in [0, 0.05) is 13.1 Å². The predicted molar refractivity (Wildman–Crippen MR) is 111 cm³/mol. The van der Waals surface area contributed by atoms with Crippen molar-refractivity contribution in [2.45, 2.75) is 13.0 Å². The largest absolute Gasteiger partial charge is 0.495 e. The SMILES string of the molecule is COc1cc(C)cc2cc(-c3nn(C4CNC4)c4ncnc(N)c34)sc12.Cl. The first-order valence-corrected chi connectivity index (χ1v) is 9.25. The number of nitrogens with two attached hydrogens (primary N) is 1. The van der Waals surface area contributed by atoms with Crippen LogP contribution in [0.1, 0.15) is 11.6 Å². The average Bonchev–Trinajstić information content (AvgIpc) is 3.15. The number of rotatable bonds is 3. The van der Waals surface area contributed by atoms with Crippen LogP contribution >= 0.6 is 23.7 Å². The van der Waals surface area contributed by atoms with Crippen molar-refractivity contribution in [1.82, 2.24) is 25.1 Å². The summed E-state index contributed by atoms with van der Waals surface area (Å²) in [6.45, 7) is 3.85. The molecule has 4 heterocycles. The number of aromatic nitrogens is 4. The topological polar surface area (TPSA) is 90.9 Å². The summed E-state index contributed by atoms with van der Waals surface area (Å²) in [5, 5.41) is 10.1. The lowest BCUT2D eigenvalue weighted by Gasteiger charge is -2.27. The van der Waals surface area contributed by atoms with Crippen LogP contribution in [0.25, 0.3) is 31.7 Å². The highest BCUT2D eigenvalue weighted by molar-refractivity contribution is 7.22. The Morgan fingerprint density at radius 3 is 2.78 bits per heavy atom. The van der Waals surface area contributed by atoms with Crippen molar-refractivity contribution in [1.29, 1.82) is 0 Å². The summed E-state index contributed by atoms with van der Waals surface area (Å²) in [6, 6.07) is 6.66. The van der Waals surface area contributed by atoms with Gasteiger partial charge in [0.2, 0.25) is 0 Å². The molecule has 0 unspecified atom stereocenters. The smallest absolute Gasteiger partial charge is 0.164 e. The first kappa shape index (κ1) is 18.0. The Morgan fingerprint density at radius 1 is 1.26 bits per heavy atom. The number of anilines is 1. The molecule has 0 amide bonds. The van der Waals surface area contributed by atoms with Crippen molar-refractivity contribution in [3.63, 3.8) is 0 Å². The predicted octanol–water partition coefficient (Wildman–Crippen LogP) is 3.17. The number of nitrogens with one attached hydrogen (secondary N) is 1. The van der Waals surface area contributed by atoms with E-state index in [9.17, 15) is 0 Å². The van der Waals surface area contributed by atoms with Gasteiger partial charge in [0.1, 0.15) is 23.6 Å². The van der Waals surface area contributed by atoms with E-state index in [1.54, 1.807) is 18.4 Å². The quantitative estimate of drug-likeness (QED) is 0.547. The zero-order valence-electron chi connectivity index (χ0n) is 14.9. The molecule has 7 nitrogen and oxygen atoms in total. The van der Waals surface area contributed by atoms with E-state index in [4.69, 9.17) is 15.6 Å². The van der Waals surface area contributed by atoms with Gasteiger partial charge in [0.05, 0.1) is 28.1 Å². The average molecular weight is 403 g/mol. The van der Waals surface area contributed by atoms with E-state index in [1.165, 1.54) is 6.33 Å². The van der Waals surface area contributed by atoms with Gasteiger partial charge in [-0.15, -0.1) is 23.7 Å². The fourth-order valence-electron chi connectivity index (χ4n) is 3.40. The van der Waals surface area contributed by atoms with Gasteiger partial charge in [-0.1, -0.05) is 6.07 Å². The van der Waals surface area contributed by atoms with Crippen LogP contribution in [-0.2, 0) is 0 Å². The van der Waals surface area contributed by atoms with Crippen LogP contribution < -0.4 is 15.8 Å². The van der Waals surface area contributed by atoms with Gasteiger partial charge in [-0.05, 0) is 30.0 Å². The van der Waals surface area contributed by atoms with Crippen LogP contribution in [0.15, 0.2) is 24.5 Å². The second-order valence-electron chi connectivity index (χ2n) is 6.56. The van der Waals surface area contributed by atoms with Crippen LogP contribution in [0.5, 0.6) is 5.75 Å². The van der Waals surface area contributed by atoms with Gasteiger partial charge in [-0.25, -0.2) is 14.6 Å². The van der Waals surface area contributed by atoms with E-state index in [-0.39, 0.29) is 12.4 Å². The van der Waals surface area contributed by atoms with Gasteiger partial charge >= 0.3 is 0 Å². The number of hydrogen-bond acceptors (Lipinski definition) is 7. The number of aryl methyl sites for hydroxylation is 1. The number of methoxy groups -OCH3 is 1. The van der Waals surface area contributed by atoms with Crippen molar-refractivity contribution in [2.24, 2.45) is 0 Å². The van der Waals surface area contributed by atoms with E-state index in [1.807, 2.05) is 4.68 Å². The standard InChI is InChI=1S/C18H18N6OS.ClH/c1-9-3-10-5-13(26-16(10)12(4-9)25-2)15-14-17(19)21-8-22-18(14)24(23-15)11-6-20-7-11;/h3-5,8,11,20H,6-7H2,1-2H3,(H2,19,21,22);1H. The summed E-state index contributed by atoms with van der Waals surface area (Å²) < 4.78 is 8.65. The summed E-state index contributed by atoms with van der Waals surface area (Å²) >= 11 is 1.66. The molecule has 27 heavy (non-hydrogen) atoms. The highest BCUT2D eigenvalue weighted by atomic mass is 35.5. The summed E-state index contributed by atoms with van der Waals surface area (Å²) in [5.41, 5.74) is 9.00. The van der Waals surface area contributed by atoms with Crippen LogP contribution in [0.3, 0.4) is 0 Å². The summed E-state index contributed by atoms with van der Waals surface area (Å²) in [7, 11) is 1.70. The molecular formula is C18H19ClN6OS. The van der Waals surface area contributed by atoms with E-state index in [0.717, 1.165) is 56.1 Å². The van der Waals surface area contributed by atoms with Crippen molar-refractivity contribution in [2.75, 3.05) is 25.9 Å². The fourth-order valence-corrected chi connectivity index (χ4v) is 4.53. The molecule has 140 valence electrons. The third-order valence-corrected chi connectivity index (χ3v) is 5.98. The van der Waals surface area contributed by atoms with Crippen molar-refractivity contribution in [3.05, 3.63) is 30.1 Å². The Labute approximate surface area is 166 Å². The molecule has 0 aliphatic carbocycles. The van der Waals surface area contributed by atoms with Crippen molar-refractivity contribution < 1.29 is 4.74 Å². The minimum atomic E-state index is 0. The van der Waals surface area contributed by atoms with E-state index in [2.05, 4.69) is 40.4 Å². The monoisotopic (exact) mass is 402 g/mol. The normalized spacial score (nSPS) is 14.3. The number of hydrogen-bond donors (Lipinski definition) is 2. The molecule has 0 bridgehead atoms. The van der Waals surface area contributed by atoms with Gasteiger partial charge in [0.25, 0.3) is 0 Å². The van der Waals surface area contributed by atoms with E-state index >= 15 is 0 Å². The first-order valence-electron chi connectivity index (χ1n) is 8.43. The molecular weight excluding hydrogens is 384 g/mol. The maximum Gasteiger partial charge on any atom is 0.164 e. The third kappa shape index (κ3) is 2.72. The number of nitrogen functional groups attached to an aromatic ring is 1. The molecule has 9 heteroatoms. The molecule has 0 saturated carbocycles. The fraction of sp³-hybridized carbons (Fsp3) is 0.278. The molecule has 1 aliphatic heterocycles. The second kappa shape index (κ2) is 6.63. The van der Waals surface area contributed by atoms with Crippen LogP contribution in [0, 0.1) is 6.92 Å². The molecule has 1 aliphatic rings. The Hall–Kier alpha value is -2.42. The van der Waals surface area contributed by atoms with Crippen LogP contribution in [-0.4, -0.2) is 39.9 Å². The zero-order chi connectivity index (χ0) is 17.8. The van der Waals surface area contributed by atoms with Crippen LogP contribution in [0.2, 0.25) is 0 Å². The zero-order valence-corrected chi connectivity index (χ0v) is 16.5. The maximum absolute atomic E-state index is 6.20. The molecule has 0 atom stereocenters. The minimum absolute atomic E-state index is 0. The Morgan fingerprint density at radius 2 is 2.07 bits per heavy atom. The lowest BCUT2D eigenvalue weighted by molar-refractivity contribution is 0.325. The molecule has 0 spiro atoms. The summed E-state index contributed by atoms with van der Waals surface area (Å²) in [5.74, 6) is 1.34. The molecule has 1 fully saturated rings. The number of thiophene rings is 1. The number of halogens is 1. The molecule has 1 saturated heterocycles. The molecule has 3 aromatic heterocycles. The van der Waals surface area contributed by atoms with Gasteiger partial charge in [-0.2, -0.15) is 5.10 Å². The van der Waals surface area contributed by atoms with Gasteiger partial charge in [0.15, 0.2) is 5.65 Å². The molecule has 4 aromatic rings. The molecule has 0 radical (unpaired) electrons. The number of ether oxygens (including phenoxy) is 1. The Bertz CT molecular complexity index is 1150. The molecule has 1 aromatic carbocycles. The highest BCUT2D eigenvalue weighted by Crippen LogP contribution is 2.42. The lowest BCUT2D eigenvalue weighted by Crippen LogP contribution is -2.43. The third-order valence-electron chi connectivity index (χ3n) is 4.80. The van der Waals surface area contributed by atoms with E-state index < -0.39 is 0 Å². The number of benzene rings is 1. The lowest BCUT2D eigenvalue weighted by atomic mass is 10.1. The van der Waals surface area contributed by atoms with Gasteiger partial charge in [-0.3, -0.25) is 0 Å².